The van der Waals surface area contributed by atoms with Crippen LogP contribution in [0.5, 0.6) is 0 Å². The highest BCUT2D eigenvalue weighted by Crippen LogP contribution is 2.29. The van der Waals surface area contributed by atoms with E-state index in [0.29, 0.717) is 16.7 Å². The fourth-order valence-corrected chi connectivity index (χ4v) is 1.90. The second-order valence-corrected chi connectivity index (χ2v) is 4.24. The fraction of sp³-hybridized carbons (Fsp3) is 0.250. The van der Waals surface area contributed by atoms with Gasteiger partial charge in [0.1, 0.15) is 0 Å². The number of aryl methyl sites for hydroxylation is 1. The van der Waals surface area contributed by atoms with Crippen LogP contribution in [-0.2, 0) is 0 Å². The maximum atomic E-state index is 12.0. The summed E-state index contributed by atoms with van der Waals surface area (Å²) in [6, 6.07) is 5.28. The lowest BCUT2D eigenvalue weighted by Crippen LogP contribution is -1.84. The maximum absolute atomic E-state index is 12.0. The normalized spacial score (nSPS) is 10.8. The second-order valence-electron chi connectivity index (χ2n) is 2.29. The highest BCUT2D eigenvalue weighted by molar-refractivity contribution is 9.10. The Balaban J connectivity index is 2.86. The minimum atomic E-state index is -2.34. The standard InChI is InChI=1S/C8H7BrF2S/c1-5-4-6(9)2-3-7(5)12-8(10)11/h2-4,8H,1H3. The van der Waals surface area contributed by atoms with Crippen molar-refractivity contribution in [2.75, 3.05) is 0 Å². The number of halogens is 3. The van der Waals surface area contributed by atoms with E-state index < -0.39 is 5.76 Å². The van der Waals surface area contributed by atoms with Crippen LogP contribution in [0.15, 0.2) is 27.6 Å². The van der Waals surface area contributed by atoms with E-state index in [1.54, 1.807) is 12.1 Å². The van der Waals surface area contributed by atoms with E-state index in [1.165, 1.54) is 0 Å². The third-order valence-corrected chi connectivity index (χ3v) is 2.74. The lowest BCUT2D eigenvalue weighted by Gasteiger charge is -2.03. The van der Waals surface area contributed by atoms with E-state index in [4.69, 9.17) is 0 Å². The van der Waals surface area contributed by atoms with Gasteiger partial charge in [0.2, 0.25) is 0 Å². The molecule has 1 aromatic carbocycles. The van der Waals surface area contributed by atoms with E-state index in [9.17, 15) is 8.78 Å². The average molecular weight is 253 g/mol. The summed E-state index contributed by atoms with van der Waals surface area (Å²) in [5.41, 5.74) is 0.870. The van der Waals surface area contributed by atoms with Crippen molar-refractivity contribution < 1.29 is 8.78 Å². The van der Waals surface area contributed by atoms with Crippen LogP contribution >= 0.6 is 27.7 Å². The van der Waals surface area contributed by atoms with Crippen LogP contribution in [0.1, 0.15) is 5.56 Å². The van der Waals surface area contributed by atoms with Crippen LogP contribution in [0.25, 0.3) is 0 Å². The fourth-order valence-electron chi connectivity index (χ4n) is 0.841. The maximum Gasteiger partial charge on any atom is 0.288 e. The highest BCUT2D eigenvalue weighted by atomic mass is 79.9. The summed E-state index contributed by atoms with van der Waals surface area (Å²) in [5, 5.41) is 0. The first-order chi connectivity index (χ1) is 5.59. The molecule has 0 nitrogen and oxygen atoms in total. The Morgan fingerprint density at radius 1 is 1.42 bits per heavy atom. The number of hydrogen-bond acceptors (Lipinski definition) is 1. The molecule has 0 aliphatic heterocycles. The molecule has 0 unspecified atom stereocenters. The Kier molecular flexibility index (Phi) is 3.53. The van der Waals surface area contributed by atoms with Gasteiger partial charge in [-0.05, 0) is 30.7 Å². The molecule has 0 aliphatic carbocycles. The van der Waals surface area contributed by atoms with E-state index >= 15 is 0 Å². The highest BCUT2D eigenvalue weighted by Gasteiger charge is 2.07. The molecule has 1 rings (SSSR count). The molecule has 0 aromatic heterocycles. The van der Waals surface area contributed by atoms with Gasteiger partial charge < -0.3 is 0 Å². The topological polar surface area (TPSA) is 0 Å². The molecule has 0 N–H and O–H groups in total. The van der Waals surface area contributed by atoms with Crippen LogP contribution in [0.2, 0.25) is 0 Å². The molecule has 0 spiro atoms. The molecule has 0 saturated heterocycles. The summed E-state index contributed by atoms with van der Waals surface area (Å²) >= 11 is 3.85. The van der Waals surface area contributed by atoms with Crippen LogP contribution in [0.4, 0.5) is 8.78 Å². The number of thioether (sulfide) groups is 1. The molecule has 0 fully saturated rings. The van der Waals surface area contributed by atoms with Crippen molar-refractivity contribution in [1.82, 2.24) is 0 Å². The van der Waals surface area contributed by atoms with Crippen molar-refractivity contribution >= 4 is 27.7 Å². The van der Waals surface area contributed by atoms with E-state index in [-0.39, 0.29) is 0 Å². The lowest BCUT2D eigenvalue weighted by molar-refractivity contribution is 0.252. The van der Waals surface area contributed by atoms with Crippen molar-refractivity contribution in [2.24, 2.45) is 0 Å². The van der Waals surface area contributed by atoms with Crippen molar-refractivity contribution in [3.05, 3.63) is 28.2 Å². The van der Waals surface area contributed by atoms with Crippen LogP contribution in [0.3, 0.4) is 0 Å². The molecule has 0 aliphatic rings. The monoisotopic (exact) mass is 252 g/mol. The molecule has 0 amide bonds. The Labute approximate surface area is 82.5 Å². The lowest BCUT2D eigenvalue weighted by atomic mass is 10.2. The summed E-state index contributed by atoms with van der Waals surface area (Å²) in [4.78, 5) is 0.633. The van der Waals surface area contributed by atoms with Gasteiger partial charge in [-0.1, -0.05) is 27.7 Å². The third kappa shape index (κ3) is 2.75. The SMILES string of the molecule is Cc1cc(Br)ccc1SC(F)F. The number of benzene rings is 1. The first-order valence-corrected chi connectivity index (χ1v) is 4.98. The zero-order chi connectivity index (χ0) is 9.14. The first-order valence-electron chi connectivity index (χ1n) is 3.30. The average Bonchev–Trinajstić information content (AvgIpc) is 1.94. The molecular weight excluding hydrogens is 246 g/mol. The molecule has 1 aromatic rings. The Morgan fingerprint density at radius 3 is 2.58 bits per heavy atom. The second kappa shape index (κ2) is 4.23. The summed E-state index contributed by atoms with van der Waals surface area (Å²) in [6.45, 7) is 1.81. The Hall–Kier alpha value is -0.0900. The molecule has 66 valence electrons. The number of rotatable bonds is 2. The Bertz CT molecular complexity index is 276. The van der Waals surface area contributed by atoms with Crippen molar-refractivity contribution in [3.8, 4) is 0 Å². The van der Waals surface area contributed by atoms with Crippen molar-refractivity contribution in [1.29, 1.82) is 0 Å². The van der Waals surface area contributed by atoms with Crippen LogP contribution in [0, 0.1) is 6.92 Å². The molecule has 0 radical (unpaired) electrons. The van der Waals surface area contributed by atoms with E-state index in [0.717, 1.165) is 10.0 Å². The smallest absolute Gasteiger partial charge is 0.198 e. The molecule has 0 saturated carbocycles. The van der Waals surface area contributed by atoms with Gasteiger partial charge in [0.05, 0.1) is 0 Å². The summed E-state index contributed by atoms with van der Waals surface area (Å²) in [5.74, 6) is -2.34. The predicted octanol–water partition coefficient (Wildman–Crippen LogP) is 4.07. The quantitative estimate of drug-likeness (QED) is 0.716. The third-order valence-electron chi connectivity index (χ3n) is 1.35. The number of alkyl halides is 2. The zero-order valence-electron chi connectivity index (χ0n) is 6.35. The van der Waals surface area contributed by atoms with Gasteiger partial charge in [0, 0.05) is 9.37 Å². The Morgan fingerprint density at radius 2 is 2.08 bits per heavy atom. The van der Waals surface area contributed by atoms with Crippen molar-refractivity contribution in [2.45, 2.75) is 17.6 Å². The molecule has 0 heterocycles. The molecule has 0 atom stereocenters. The van der Waals surface area contributed by atoms with Gasteiger partial charge in [0.25, 0.3) is 5.76 Å². The predicted molar refractivity (Wildman–Crippen MR) is 50.7 cm³/mol. The minimum absolute atomic E-state index is 0.580. The van der Waals surface area contributed by atoms with Gasteiger partial charge in [-0.3, -0.25) is 0 Å². The van der Waals surface area contributed by atoms with Crippen molar-refractivity contribution in [3.63, 3.8) is 0 Å². The summed E-state index contributed by atoms with van der Waals surface area (Å²) in [7, 11) is 0. The first kappa shape index (κ1) is 9.99. The number of hydrogen-bond donors (Lipinski definition) is 0. The summed E-state index contributed by atoms with van der Waals surface area (Å²) < 4.78 is 24.8. The van der Waals surface area contributed by atoms with Crippen LogP contribution in [-0.4, -0.2) is 5.76 Å². The molecule has 12 heavy (non-hydrogen) atoms. The zero-order valence-corrected chi connectivity index (χ0v) is 8.75. The molecular formula is C8H7BrF2S. The molecule has 0 bridgehead atoms. The van der Waals surface area contributed by atoms with Gasteiger partial charge >= 0.3 is 0 Å². The minimum Gasteiger partial charge on any atom is -0.198 e. The van der Waals surface area contributed by atoms with Gasteiger partial charge in [-0.2, -0.15) is 8.78 Å². The van der Waals surface area contributed by atoms with E-state index in [1.807, 2.05) is 13.0 Å². The van der Waals surface area contributed by atoms with Gasteiger partial charge in [-0.15, -0.1) is 0 Å². The summed E-state index contributed by atoms with van der Waals surface area (Å²) in [6.07, 6.45) is 0. The van der Waals surface area contributed by atoms with Crippen LogP contribution < -0.4 is 0 Å². The van der Waals surface area contributed by atoms with Gasteiger partial charge in [0.15, 0.2) is 0 Å². The van der Waals surface area contributed by atoms with Gasteiger partial charge in [-0.25, -0.2) is 0 Å². The van der Waals surface area contributed by atoms with E-state index in [2.05, 4.69) is 15.9 Å². The molecule has 4 heteroatoms. The largest absolute Gasteiger partial charge is 0.288 e.